The van der Waals surface area contributed by atoms with Crippen LogP contribution in [-0.2, 0) is 0 Å². The summed E-state index contributed by atoms with van der Waals surface area (Å²) in [7, 11) is 0. The summed E-state index contributed by atoms with van der Waals surface area (Å²) in [5.74, 6) is -6.01. The summed E-state index contributed by atoms with van der Waals surface area (Å²) in [4.78, 5) is 28.8. The molecule has 0 aliphatic heterocycles. The van der Waals surface area contributed by atoms with Gasteiger partial charge >= 0.3 is 0 Å². The largest absolute Gasteiger partial charge is 0.320 e. The predicted molar refractivity (Wildman–Crippen MR) is 102 cm³/mol. The minimum atomic E-state index is -1.70. The summed E-state index contributed by atoms with van der Waals surface area (Å²) >= 11 is 0. The van der Waals surface area contributed by atoms with Gasteiger partial charge in [-0.3, -0.25) is 9.59 Å². The number of pyridine rings is 1. The van der Waals surface area contributed by atoms with Crippen molar-refractivity contribution in [1.82, 2.24) is 4.98 Å². The van der Waals surface area contributed by atoms with Crippen molar-refractivity contribution in [2.45, 2.75) is 13.8 Å². The van der Waals surface area contributed by atoms with Gasteiger partial charge in [-0.2, -0.15) is 0 Å². The fourth-order valence-electron chi connectivity index (χ4n) is 2.55. The van der Waals surface area contributed by atoms with Crippen LogP contribution in [-0.4, -0.2) is 16.8 Å². The number of aryl methyl sites for hydroxylation is 2. The number of hydrogen-bond donors (Lipinski definition) is 2. The van der Waals surface area contributed by atoms with E-state index in [2.05, 4.69) is 15.6 Å². The Morgan fingerprint density at radius 1 is 0.793 bits per heavy atom. The molecule has 0 atom stereocenters. The fourth-order valence-corrected chi connectivity index (χ4v) is 2.55. The Hall–Kier alpha value is -3.68. The summed E-state index contributed by atoms with van der Waals surface area (Å²) in [5, 5.41) is 4.83. The van der Waals surface area contributed by atoms with E-state index >= 15 is 0 Å². The van der Waals surface area contributed by atoms with Crippen LogP contribution in [0.5, 0.6) is 0 Å². The smallest absolute Gasteiger partial charge is 0.274 e. The third kappa shape index (κ3) is 4.43. The molecule has 0 aliphatic rings. The number of aromatic nitrogens is 1. The van der Waals surface area contributed by atoms with Gasteiger partial charge in [-0.05, 0) is 55.3 Å². The van der Waals surface area contributed by atoms with Gasteiger partial charge in [0.1, 0.15) is 11.4 Å². The molecule has 0 fully saturated rings. The Morgan fingerprint density at radius 3 is 2.07 bits per heavy atom. The van der Waals surface area contributed by atoms with E-state index in [4.69, 9.17) is 0 Å². The van der Waals surface area contributed by atoms with E-state index in [0.717, 1.165) is 17.2 Å². The van der Waals surface area contributed by atoms with E-state index in [1.165, 1.54) is 18.2 Å². The molecular weight excluding hydrogens is 383 g/mol. The summed E-state index contributed by atoms with van der Waals surface area (Å²) in [6.45, 7) is 3.72. The minimum Gasteiger partial charge on any atom is -0.320 e. The molecule has 0 spiro atoms. The Labute approximate surface area is 164 Å². The number of anilines is 2. The molecule has 1 heterocycles. The average Bonchev–Trinajstić information content (AvgIpc) is 2.71. The number of benzene rings is 2. The maximum Gasteiger partial charge on any atom is 0.274 e. The fraction of sp³-hybridized carbons (Fsp3) is 0.0952. The van der Waals surface area contributed by atoms with Crippen molar-refractivity contribution in [2.75, 3.05) is 10.6 Å². The number of nitrogens with one attached hydrogen (secondary N) is 2. The van der Waals surface area contributed by atoms with Crippen LogP contribution in [0, 0.1) is 31.3 Å². The van der Waals surface area contributed by atoms with Crippen LogP contribution in [0.3, 0.4) is 0 Å². The maximum atomic E-state index is 13.7. The van der Waals surface area contributed by atoms with Crippen molar-refractivity contribution >= 4 is 23.2 Å². The lowest BCUT2D eigenvalue weighted by Crippen LogP contribution is -2.19. The van der Waals surface area contributed by atoms with Crippen LogP contribution in [0.15, 0.2) is 48.5 Å². The van der Waals surface area contributed by atoms with Gasteiger partial charge in [0.05, 0.1) is 5.69 Å². The standard InChI is InChI=1S/C21H16F3N3O2/c1-11-6-7-12(2)17(10-11)27-21(29)16-5-3-4-15(25-16)20(28)26-14-9-8-13(22)18(23)19(14)24/h3-10H,1-2H3,(H,26,28)(H,27,29). The summed E-state index contributed by atoms with van der Waals surface area (Å²) < 4.78 is 40.1. The molecule has 3 aromatic rings. The number of nitrogens with zero attached hydrogens (tertiary/aromatic N) is 1. The van der Waals surface area contributed by atoms with E-state index in [9.17, 15) is 22.8 Å². The lowest BCUT2D eigenvalue weighted by Gasteiger charge is -2.10. The summed E-state index contributed by atoms with van der Waals surface area (Å²) in [6, 6.07) is 11.3. The molecule has 3 rings (SSSR count). The molecule has 29 heavy (non-hydrogen) atoms. The van der Waals surface area contributed by atoms with Crippen LogP contribution in [0.1, 0.15) is 32.1 Å². The summed E-state index contributed by atoms with van der Waals surface area (Å²) in [5.41, 5.74) is 1.65. The van der Waals surface area contributed by atoms with Crippen LogP contribution < -0.4 is 10.6 Å². The second kappa shape index (κ2) is 8.14. The molecule has 0 saturated heterocycles. The van der Waals surface area contributed by atoms with Crippen LogP contribution >= 0.6 is 0 Å². The van der Waals surface area contributed by atoms with E-state index in [-0.39, 0.29) is 11.4 Å². The number of carbonyl (C=O) groups is 2. The Morgan fingerprint density at radius 2 is 1.41 bits per heavy atom. The lowest BCUT2D eigenvalue weighted by atomic mass is 10.1. The first kappa shape index (κ1) is 20.1. The first-order valence-electron chi connectivity index (χ1n) is 8.57. The highest BCUT2D eigenvalue weighted by atomic mass is 19.2. The third-order valence-electron chi connectivity index (χ3n) is 4.14. The Kier molecular flexibility index (Phi) is 5.63. The molecule has 8 heteroatoms. The van der Waals surface area contributed by atoms with E-state index in [1.54, 1.807) is 6.07 Å². The average molecular weight is 399 g/mol. The van der Waals surface area contributed by atoms with Crippen LogP contribution in [0.2, 0.25) is 0 Å². The van der Waals surface area contributed by atoms with Gasteiger partial charge in [0.2, 0.25) is 0 Å². The predicted octanol–water partition coefficient (Wildman–Crippen LogP) is 4.62. The quantitative estimate of drug-likeness (QED) is 0.629. The first-order valence-corrected chi connectivity index (χ1v) is 8.57. The summed E-state index contributed by atoms with van der Waals surface area (Å²) in [6.07, 6.45) is 0. The van der Waals surface area contributed by atoms with Gasteiger partial charge in [-0.1, -0.05) is 18.2 Å². The van der Waals surface area contributed by atoms with Crippen molar-refractivity contribution < 1.29 is 22.8 Å². The number of hydrogen-bond acceptors (Lipinski definition) is 3. The van der Waals surface area contributed by atoms with E-state index in [0.29, 0.717) is 11.8 Å². The van der Waals surface area contributed by atoms with Gasteiger partial charge in [0.25, 0.3) is 11.8 Å². The zero-order chi connectivity index (χ0) is 21.1. The molecule has 2 amide bonds. The van der Waals surface area contributed by atoms with Gasteiger partial charge in [0, 0.05) is 5.69 Å². The molecule has 2 N–H and O–H groups in total. The molecule has 0 radical (unpaired) electrons. The Bertz CT molecular complexity index is 1120. The second-order valence-electron chi connectivity index (χ2n) is 6.36. The minimum absolute atomic E-state index is 0.0377. The van der Waals surface area contributed by atoms with Crippen LogP contribution in [0.25, 0.3) is 0 Å². The van der Waals surface area contributed by atoms with Gasteiger partial charge in [0.15, 0.2) is 17.5 Å². The number of rotatable bonds is 4. The van der Waals surface area contributed by atoms with Gasteiger partial charge in [-0.25, -0.2) is 18.2 Å². The molecular formula is C21H16F3N3O2. The highest BCUT2D eigenvalue weighted by molar-refractivity contribution is 6.06. The van der Waals surface area contributed by atoms with Crippen molar-refractivity contribution in [1.29, 1.82) is 0 Å². The van der Waals surface area contributed by atoms with Crippen molar-refractivity contribution in [2.24, 2.45) is 0 Å². The molecule has 0 aliphatic carbocycles. The molecule has 0 bridgehead atoms. The monoisotopic (exact) mass is 399 g/mol. The van der Waals surface area contributed by atoms with Crippen LogP contribution in [0.4, 0.5) is 24.5 Å². The van der Waals surface area contributed by atoms with E-state index in [1.807, 2.05) is 26.0 Å². The third-order valence-corrected chi connectivity index (χ3v) is 4.14. The molecule has 148 valence electrons. The zero-order valence-electron chi connectivity index (χ0n) is 15.5. The molecule has 0 unspecified atom stereocenters. The van der Waals surface area contributed by atoms with Crippen molar-refractivity contribution in [3.63, 3.8) is 0 Å². The normalized spacial score (nSPS) is 10.5. The molecule has 1 aromatic heterocycles. The Balaban J connectivity index is 1.80. The highest BCUT2D eigenvalue weighted by Gasteiger charge is 2.18. The number of halogens is 3. The number of amides is 2. The highest BCUT2D eigenvalue weighted by Crippen LogP contribution is 2.20. The molecule has 0 saturated carbocycles. The second-order valence-corrected chi connectivity index (χ2v) is 6.36. The topological polar surface area (TPSA) is 71.1 Å². The van der Waals surface area contributed by atoms with E-state index < -0.39 is 35.0 Å². The van der Waals surface area contributed by atoms with Gasteiger partial charge in [-0.15, -0.1) is 0 Å². The first-order chi connectivity index (χ1) is 13.8. The van der Waals surface area contributed by atoms with Gasteiger partial charge < -0.3 is 10.6 Å². The van der Waals surface area contributed by atoms with Crippen molar-refractivity contribution in [3.8, 4) is 0 Å². The number of carbonyl (C=O) groups excluding carboxylic acids is 2. The van der Waals surface area contributed by atoms with Crippen molar-refractivity contribution in [3.05, 3.63) is 88.5 Å². The lowest BCUT2D eigenvalue weighted by molar-refractivity contribution is 0.101. The molecule has 5 nitrogen and oxygen atoms in total. The SMILES string of the molecule is Cc1ccc(C)c(NC(=O)c2cccc(C(=O)Nc3ccc(F)c(F)c3F)n2)c1. The zero-order valence-corrected chi connectivity index (χ0v) is 15.5. The maximum absolute atomic E-state index is 13.7. The molecule has 2 aromatic carbocycles.